The molecule has 1 N–H and O–H groups in total. The summed E-state index contributed by atoms with van der Waals surface area (Å²) in [6.07, 6.45) is 4.90. The molecule has 0 amide bonds. The predicted octanol–water partition coefficient (Wildman–Crippen LogP) is 3.55. The lowest BCUT2D eigenvalue weighted by molar-refractivity contribution is -0.131. The van der Waals surface area contributed by atoms with Crippen molar-refractivity contribution in [1.29, 1.82) is 0 Å². The zero-order valence-electron chi connectivity index (χ0n) is 12.6. The molecule has 0 atom stereocenters. The zero-order chi connectivity index (χ0) is 15.5. The monoisotopic (exact) mass is 291 g/mol. The van der Waals surface area contributed by atoms with Gasteiger partial charge in [0.15, 0.2) is 0 Å². The number of carbonyl (C=O) groups is 1. The van der Waals surface area contributed by atoms with E-state index in [-0.39, 0.29) is 5.82 Å². The summed E-state index contributed by atoms with van der Waals surface area (Å²) in [7, 11) is 0. The van der Waals surface area contributed by atoms with Crippen molar-refractivity contribution >= 4 is 12.0 Å². The molecule has 21 heavy (non-hydrogen) atoms. The molecule has 1 aromatic carbocycles. The SMILES string of the molecule is CC1(C)CCCN(Cc2ccc(F)cc2C=CC(=O)O)C1. The molecule has 0 aromatic heterocycles. The fourth-order valence-corrected chi connectivity index (χ4v) is 2.95. The number of piperidine rings is 1. The standard InChI is InChI=1S/C17H22FNO2/c1-17(2)8-3-9-19(12-17)11-14-4-6-15(18)10-13(14)5-7-16(20)21/h4-7,10H,3,8-9,11-12H2,1-2H3,(H,20,21). The molecule has 0 radical (unpaired) electrons. The summed E-state index contributed by atoms with van der Waals surface area (Å²) in [5.41, 5.74) is 1.90. The van der Waals surface area contributed by atoms with Crippen LogP contribution >= 0.6 is 0 Å². The van der Waals surface area contributed by atoms with Gasteiger partial charge in [-0.05, 0) is 54.1 Å². The van der Waals surface area contributed by atoms with Crippen LogP contribution < -0.4 is 0 Å². The van der Waals surface area contributed by atoms with Crippen LogP contribution in [-0.2, 0) is 11.3 Å². The number of rotatable bonds is 4. The Morgan fingerprint density at radius 3 is 2.90 bits per heavy atom. The molecular formula is C17H22FNO2. The second kappa shape index (κ2) is 6.39. The highest BCUT2D eigenvalue weighted by Crippen LogP contribution is 2.29. The Balaban J connectivity index is 2.17. The molecule has 2 rings (SSSR count). The van der Waals surface area contributed by atoms with Gasteiger partial charge in [0.05, 0.1) is 0 Å². The van der Waals surface area contributed by atoms with Gasteiger partial charge in [-0.25, -0.2) is 9.18 Å². The van der Waals surface area contributed by atoms with Gasteiger partial charge in [-0.15, -0.1) is 0 Å². The Labute approximate surface area is 125 Å². The molecule has 4 heteroatoms. The molecule has 1 saturated heterocycles. The van der Waals surface area contributed by atoms with Gasteiger partial charge in [0.2, 0.25) is 0 Å². The fraction of sp³-hybridized carbons (Fsp3) is 0.471. The maximum absolute atomic E-state index is 13.4. The number of carboxylic acids is 1. The number of hydrogen-bond donors (Lipinski definition) is 1. The molecule has 0 unspecified atom stereocenters. The molecule has 3 nitrogen and oxygen atoms in total. The van der Waals surface area contributed by atoms with Crippen LogP contribution in [0.15, 0.2) is 24.3 Å². The third-order valence-corrected chi connectivity index (χ3v) is 3.89. The number of hydrogen-bond acceptors (Lipinski definition) is 2. The van der Waals surface area contributed by atoms with E-state index in [1.54, 1.807) is 6.07 Å². The molecular weight excluding hydrogens is 269 g/mol. The van der Waals surface area contributed by atoms with Crippen molar-refractivity contribution in [3.8, 4) is 0 Å². The minimum atomic E-state index is -1.02. The minimum Gasteiger partial charge on any atom is -0.478 e. The van der Waals surface area contributed by atoms with E-state index in [4.69, 9.17) is 5.11 Å². The van der Waals surface area contributed by atoms with E-state index in [1.807, 2.05) is 0 Å². The Morgan fingerprint density at radius 1 is 1.48 bits per heavy atom. The molecule has 0 bridgehead atoms. The smallest absolute Gasteiger partial charge is 0.328 e. The summed E-state index contributed by atoms with van der Waals surface area (Å²) in [5, 5.41) is 8.73. The van der Waals surface area contributed by atoms with Crippen LogP contribution in [0, 0.1) is 11.2 Å². The first kappa shape index (κ1) is 15.7. The van der Waals surface area contributed by atoms with Gasteiger partial charge >= 0.3 is 5.97 Å². The summed E-state index contributed by atoms with van der Waals surface area (Å²) in [4.78, 5) is 13.0. The van der Waals surface area contributed by atoms with Gasteiger partial charge in [-0.3, -0.25) is 4.90 Å². The Kier molecular flexibility index (Phi) is 4.78. The Bertz CT molecular complexity index is 552. The van der Waals surface area contributed by atoms with Gasteiger partial charge in [0.25, 0.3) is 0 Å². The normalized spacial score (nSPS) is 19.0. The first-order valence-corrected chi connectivity index (χ1v) is 7.27. The van der Waals surface area contributed by atoms with E-state index in [9.17, 15) is 9.18 Å². The maximum Gasteiger partial charge on any atom is 0.328 e. The van der Waals surface area contributed by atoms with Crippen molar-refractivity contribution in [2.45, 2.75) is 33.2 Å². The van der Waals surface area contributed by atoms with Crippen molar-refractivity contribution < 1.29 is 14.3 Å². The molecule has 1 heterocycles. The molecule has 1 aliphatic heterocycles. The van der Waals surface area contributed by atoms with Crippen LogP contribution in [0.5, 0.6) is 0 Å². The average Bonchev–Trinajstić information content (AvgIpc) is 2.38. The van der Waals surface area contributed by atoms with Crippen LogP contribution in [0.25, 0.3) is 6.08 Å². The second-order valence-electron chi connectivity index (χ2n) is 6.49. The quantitative estimate of drug-likeness (QED) is 0.863. The molecule has 0 saturated carbocycles. The lowest BCUT2D eigenvalue weighted by Crippen LogP contribution is -2.39. The summed E-state index contributed by atoms with van der Waals surface area (Å²) >= 11 is 0. The highest BCUT2D eigenvalue weighted by molar-refractivity contribution is 5.85. The van der Waals surface area contributed by atoms with Gasteiger partial charge < -0.3 is 5.11 Å². The van der Waals surface area contributed by atoms with Crippen molar-refractivity contribution in [2.24, 2.45) is 5.41 Å². The number of carboxylic acid groups (broad SMARTS) is 1. The molecule has 0 spiro atoms. The number of aliphatic carboxylic acids is 1. The third-order valence-electron chi connectivity index (χ3n) is 3.89. The summed E-state index contributed by atoms with van der Waals surface area (Å²) < 4.78 is 13.4. The van der Waals surface area contributed by atoms with Gasteiger partial charge in [-0.1, -0.05) is 19.9 Å². The van der Waals surface area contributed by atoms with Gasteiger partial charge in [-0.2, -0.15) is 0 Å². The number of halogens is 1. The van der Waals surface area contributed by atoms with E-state index in [0.717, 1.165) is 37.7 Å². The topological polar surface area (TPSA) is 40.5 Å². The highest BCUT2D eigenvalue weighted by Gasteiger charge is 2.26. The van der Waals surface area contributed by atoms with Crippen molar-refractivity contribution in [1.82, 2.24) is 4.90 Å². The van der Waals surface area contributed by atoms with Crippen LogP contribution in [0.3, 0.4) is 0 Å². The predicted molar refractivity (Wildman–Crippen MR) is 81.4 cm³/mol. The van der Waals surface area contributed by atoms with Crippen LogP contribution in [0.1, 0.15) is 37.8 Å². The molecule has 0 aliphatic carbocycles. The van der Waals surface area contributed by atoms with Crippen LogP contribution in [0.4, 0.5) is 4.39 Å². The third kappa shape index (κ3) is 4.67. The van der Waals surface area contributed by atoms with Gasteiger partial charge in [0.1, 0.15) is 5.82 Å². The van der Waals surface area contributed by atoms with E-state index in [0.29, 0.717) is 11.0 Å². The molecule has 1 aliphatic rings. The zero-order valence-corrected chi connectivity index (χ0v) is 12.6. The molecule has 1 fully saturated rings. The van der Waals surface area contributed by atoms with Crippen molar-refractivity contribution in [3.63, 3.8) is 0 Å². The first-order chi connectivity index (χ1) is 9.85. The number of benzene rings is 1. The lowest BCUT2D eigenvalue weighted by atomic mass is 9.84. The summed E-state index contributed by atoms with van der Waals surface area (Å²) in [5.74, 6) is -1.37. The highest BCUT2D eigenvalue weighted by atomic mass is 19.1. The number of likely N-dealkylation sites (tertiary alicyclic amines) is 1. The van der Waals surface area contributed by atoms with E-state index >= 15 is 0 Å². The van der Waals surface area contributed by atoms with Crippen molar-refractivity contribution in [3.05, 3.63) is 41.2 Å². The summed E-state index contributed by atoms with van der Waals surface area (Å²) in [6, 6.07) is 4.57. The average molecular weight is 291 g/mol. The molecule has 114 valence electrons. The first-order valence-electron chi connectivity index (χ1n) is 7.27. The van der Waals surface area contributed by atoms with Gasteiger partial charge in [0, 0.05) is 19.2 Å². The van der Waals surface area contributed by atoms with E-state index < -0.39 is 5.97 Å². The number of nitrogens with zero attached hydrogens (tertiary/aromatic N) is 1. The van der Waals surface area contributed by atoms with E-state index in [2.05, 4.69) is 18.7 Å². The maximum atomic E-state index is 13.4. The fourth-order valence-electron chi connectivity index (χ4n) is 2.95. The largest absolute Gasteiger partial charge is 0.478 e. The molecule has 1 aromatic rings. The van der Waals surface area contributed by atoms with Crippen molar-refractivity contribution in [2.75, 3.05) is 13.1 Å². The summed E-state index contributed by atoms with van der Waals surface area (Å²) in [6.45, 7) is 7.28. The van der Waals surface area contributed by atoms with Crippen LogP contribution in [-0.4, -0.2) is 29.1 Å². The Morgan fingerprint density at radius 2 is 2.24 bits per heavy atom. The van der Waals surface area contributed by atoms with E-state index in [1.165, 1.54) is 24.6 Å². The Hall–Kier alpha value is -1.68. The lowest BCUT2D eigenvalue weighted by Gasteiger charge is -2.38. The minimum absolute atomic E-state index is 0.301. The second-order valence-corrected chi connectivity index (χ2v) is 6.49. The van der Waals surface area contributed by atoms with Crippen LogP contribution in [0.2, 0.25) is 0 Å².